The van der Waals surface area contributed by atoms with Crippen molar-refractivity contribution in [1.82, 2.24) is 15.5 Å². The maximum atomic E-state index is 10.8. The molecule has 3 rings (SSSR count). The number of hydrogen-bond acceptors (Lipinski definition) is 8. The highest BCUT2D eigenvalue weighted by molar-refractivity contribution is 5.43. The summed E-state index contributed by atoms with van der Waals surface area (Å²) in [5.41, 5.74) is 1.89. The van der Waals surface area contributed by atoms with E-state index in [1.165, 1.54) is 12.1 Å². The summed E-state index contributed by atoms with van der Waals surface area (Å²) in [6.07, 6.45) is 0. The Morgan fingerprint density at radius 1 is 1.13 bits per heavy atom. The van der Waals surface area contributed by atoms with Gasteiger partial charge >= 0.3 is 0 Å². The van der Waals surface area contributed by atoms with Crippen LogP contribution in [0.25, 0.3) is 0 Å². The van der Waals surface area contributed by atoms with Crippen molar-refractivity contribution < 1.29 is 18.9 Å². The lowest BCUT2D eigenvalue weighted by atomic mass is 10.0. The Kier molecular flexibility index (Phi) is 7.19. The molecular weight excluding hydrogens is 400 g/mol. The van der Waals surface area contributed by atoms with Gasteiger partial charge in [0.15, 0.2) is 17.3 Å². The summed E-state index contributed by atoms with van der Waals surface area (Å²) in [7, 11) is 1.59. The van der Waals surface area contributed by atoms with Gasteiger partial charge in [0, 0.05) is 18.7 Å². The quantitative estimate of drug-likeness (QED) is 0.376. The van der Waals surface area contributed by atoms with Crippen LogP contribution in [0.1, 0.15) is 42.7 Å². The summed E-state index contributed by atoms with van der Waals surface area (Å²) in [5, 5.41) is 18.1. The van der Waals surface area contributed by atoms with Crippen molar-refractivity contribution in [2.75, 3.05) is 7.11 Å². The monoisotopic (exact) mass is 426 g/mol. The molecule has 0 fully saturated rings. The zero-order chi connectivity index (χ0) is 22.4. The van der Waals surface area contributed by atoms with E-state index in [9.17, 15) is 10.1 Å². The van der Waals surface area contributed by atoms with Crippen molar-refractivity contribution in [1.29, 1.82) is 0 Å². The Bertz CT molecular complexity index is 1020. The predicted molar refractivity (Wildman–Crippen MR) is 114 cm³/mol. The van der Waals surface area contributed by atoms with Gasteiger partial charge in [-0.2, -0.15) is 4.98 Å². The molecule has 0 saturated heterocycles. The number of nitrogens with one attached hydrogen (secondary N) is 1. The Morgan fingerprint density at radius 2 is 1.84 bits per heavy atom. The minimum Gasteiger partial charge on any atom is -0.493 e. The Labute approximate surface area is 180 Å². The summed E-state index contributed by atoms with van der Waals surface area (Å²) in [4.78, 5) is 14.7. The summed E-state index contributed by atoms with van der Waals surface area (Å²) < 4.78 is 16.7. The average molecular weight is 426 g/mol. The van der Waals surface area contributed by atoms with Crippen LogP contribution < -0.4 is 14.8 Å². The highest BCUT2D eigenvalue weighted by atomic mass is 16.6. The number of aromatic nitrogens is 2. The maximum Gasteiger partial charge on any atom is 0.269 e. The first kappa shape index (κ1) is 22.2. The zero-order valence-corrected chi connectivity index (χ0v) is 18.0. The molecule has 0 radical (unpaired) electrons. The van der Waals surface area contributed by atoms with Gasteiger partial charge in [-0.15, -0.1) is 0 Å². The van der Waals surface area contributed by atoms with Gasteiger partial charge in [-0.1, -0.05) is 25.1 Å². The first-order valence-corrected chi connectivity index (χ1v) is 9.94. The van der Waals surface area contributed by atoms with Crippen LogP contribution in [0.3, 0.4) is 0 Å². The number of rotatable bonds is 10. The molecule has 0 aliphatic rings. The van der Waals surface area contributed by atoms with E-state index < -0.39 is 4.92 Å². The minimum atomic E-state index is -0.427. The molecule has 2 aromatic carbocycles. The smallest absolute Gasteiger partial charge is 0.269 e. The van der Waals surface area contributed by atoms with Crippen LogP contribution in [0.4, 0.5) is 5.69 Å². The van der Waals surface area contributed by atoms with Crippen molar-refractivity contribution >= 4 is 5.69 Å². The fourth-order valence-electron chi connectivity index (χ4n) is 3.09. The molecule has 0 aliphatic carbocycles. The van der Waals surface area contributed by atoms with E-state index in [-0.39, 0.29) is 24.3 Å². The molecule has 164 valence electrons. The van der Waals surface area contributed by atoms with Gasteiger partial charge in [-0.25, -0.2) is 0 Å². The van der Waals surface area contributed by atoms with Crippen molar-refractivity contribution in [3.63, 3.8) is 0 Å². The van der Waals surface area contributed by atoms with E-state index in [0.29, 0.717) is 29.8 Å². The second-order valence-electron chi connectivity index (χ2n) is 7.48. The van der Waals surface area contributed by atoms with E-state index in [2.05, 4.69) is 29.3 Å². The topological polar surface area (TPSA) is 113 Å². The molecule has 0 bridgehead atoms. The van der Waals surface area contributed by atoms with E-state index in [4.69, 9.17) is 14.0 Å². The minimum absolute atomic E-state index is 0.0496. The van der Waals surface area contributed by atoms with Crippen LogP contribution >= 0.6 is 0 Å². The van der Waals surface area contributed by atoms with Gasteiger partial charge in [0.25, 0.3) is 5.69 Å². The van der Waals surface area contributed by atoms with E-state index in [1.54, 1.807) is 26.2 Å². The van der Waals surface area contributed by atoms with Crippen LogP contribution in [-0.4, -0.2) is 22.2 Å². The fourth-order valence-corrected chi connectivity index (χ4v) is 3.09. The Hall–Kier alpha value is -3.46. The largest absolute Gasteiger partial charge is 0.493 e. The third-order valence-electron chi connectivity index (χ3n) is 4.77. The van der Waals surface area contributed by atoms with Gasteiger partial charge in [-0.05, 0) is 48.2 Å². The molecule has 0 unspecified atom stereocenters. The van der Waals surface area contributed by atoms with Gasteiger partial charge in [0.1, 0.15) is 6.61 Å². The van der Waals surface area contributed by atoms with Gasteiger partial charge in [0.2, 0.25) is 5.89 Å². The third-order valence-corrected chi connectivity index (χ3v) is 4.77. The maximum absolute atomic E-state index is 10.8. The number of benzene rings is 2. The van der Waals surface area contributed by atoms with Crippen molar-refractivity contribution in [2.45, 2.75) is 40.0 Å². The van der Waals surface area contributed by atoms with E-state index >= 15 is 0 Å². The number of nitrogens with zero attached hydrogens (tertiary/aromatic N) is 3. The normalized spacial score (nSPS) is 12.0. The molecule has 31 heavy (non-hydrogen) atoms. The van der Waals surface area contributed by atoms with Crippen molar-refractivity contribution in [3.05, 3.63) is 75.4 Å². The number of ether oxygens (including phenoxy) is 2. The highest BCUT2D eigenvalue weighted by Crippen LogP contribution is 2.30. The lowest BCUT2D eigenvalue weighted by Crippen LogP contribution is -2.25. The van der Waals surface area contributed by atoms with Gasteiger partial charge in [-0.3, -0.25) is 10.1 Å². The van der Waals surface area contributed by atoms with E-state index in [0.717, 1.165) is 11.1 Å². The molecule has 1 aromatic heterocycles. The number of hydrogen-bond donors (Lipinski definition) is 1. The van der Waals surface area contributed by atoms with Crippen molar-refractivity contribution in [2.24, 2.45) is 5.92 Å². The lowest BCUT2D eigenvalue weighted by molar-refractivity contribution is -0.384. The first-order chi connectivity index (χ1) is 14.9. The second-order valence-corrected chi connectivity index (χ2v) is 7.48. The average Bonchev–Trinajstić information content (AvgIpc) is 3.18. The number of methoxy groups -OCH3 is 1. The molecular formula is C22H26N4O5. The summed E-state index contributed by atoms with van der Waals surface area (Å²) in [5.74, 6) is 2.65. The van der Waals surface area contributed by atoms with Crippen molar-refractivity contribution in [3.8, 4) is 11.5 Å². The van der Waals surface area contributed by atoms with Crippen LogP contribution in [0.2, 0.25) is 0 Å². The van der Waals surface area contributed by atoms with Gasteiger partial charge in [0.05, 0.1) is 18.1 Å². The summed E-state index contributed by atoms with van der Waals surface area (Å²) in [6.45, 7) is 6.84. The molecule has 9 nitrogen and oxygen atoms in total. The first-order valence-electron chi connectivity index (χ1n) is 9.94. The van der Waals surface area contributed by atoms with Crippen LogP contribution in [-0.2, 0) is 13.2 Å². The SMILES string of the molecule is COc1cc(CN[C@@H](c2nc(C)no2)C(C)C)ccc1OCc1ccc([N+](=O)[O-])cc1. The molecule has 1 atom stereocenters. The standard InChI is InChI=1S/C22H26N4O5/c1-14(2)21(22-24-15(3)25-31-22)23-12-17-7-10-19(20(11-17)29-4)30-13-16-5-8-18(9-6-16)26(27)28/h5-11,14,21,23H,12-13H2,1-4H3/t21-/m1/s1. The number of nitro groups is 1. The Morgan fingerprint density at radius 3 is 2.42 bits per heavy atom. The van der Waals surface area contributed by atoms with Crippen LogP contribution in [0.5, 0.6) is 11.5 Å². The fraction of sp³-hybridized carbons (Fsp3) is 0.364. The molecule has 0 amide bonds. The summed E-state index contributed by atoms with van der Waals surface area (Å²) in [6, 6.07) is 11.9. The van der Waals surface area contributed by atoms with Crippen LogP contribution in [0.15, 0.2) is 47.0 Å². The molecule has 0 spiro atoms. The van der Waals surface area contributed by atoms with E-state index in [1.807, 2.05) is 18.2 Å². The second kappa shape index (κ2) is 10.0. The zero-order valence-electron chi connectivity index (χ0n) is 18.0. The number of nitro benzene ring substituents is 1. The molecule has 0 saturated carbocycles. The molecule has 1 N–H and O–H groups in total. The molecule has 1 heterocycles. The number of non-ortho nitro benzene ring substituents is 1. The molecule has 9 heteroatoms. The third kappa shape index (κ3) is 5.79. The van der Waals surface area contributed by atoms with Crippen LogP contribution in [0, 0.1) is 23.0 Å². The highest BCUT2D eigenvalue weighted by Gasteiger charge is 2.21. The molecule has 0 aliphatic heterocycles. The Balaban J connectivity index is 1.64. The summed E-state index contributed by atoms with van der Waals surface area (Å²) >= 11 is 0. The lowest BCUT2D eigenvalue weighted by Gasteiger charge is -2.19. The predicted octanol–water partition coefficient (Wildman–Crippen LogP) is 4.36. The molecule has 3 aromatic rings. The van der Waals surface area contributed by atoms with Gasteiger partial charge < -0.3 is 19.3 Å². The number of aryl methyl sites for hydroxylation is 1.